The van der Waals surface area contributed by atoms with E-state index in [4.69, 9.17) is 5.11 Å². The van der Waals surface area contributed by atoms with E-state index in [2.05, 4.69) is 16.1 Å². The van der Waals surface area contributed by atoms with Crippen molar-refractivity contribution in [2.45, 2.75) is 62.8 Å². The zero-order valence-electron chi connectivity index (χ0n) is 17.9. The molecule has 4 atom stereocenters. The molecule has 2 saturated carbocycles. The first-order valence-electron chi connectivity index (χ1n) is 11.0. The summed E-state index contributed by atoms with van der Waals surface area (Å²) in [6.45, 7) is 1.59. The maximum atomic E-state index is 12.9. The highest BCUT2D eigenvalue weighted by molar-refractivity contribution is 7.89. The van der Waals surface area contributed by atoms with Crippen molar-refractivity contribution in [3.63, 3.8) is 0 Å². The van der Waals surface area contributed by atoms with Gasteiger partial charge in [0.2, 0.25) is 15.9 Å². The number of rotatable bonds is 11. The first kappa shape index (κ1) is 23.5. The largest absolute Gasteiger partial charge is 0.480 e. The third kappa shape index (κ3) is 6.40. The molecule has 0 heterocycles. The van der Waals surface area contributed by atoms with Crippen LogP contribution in [0.1, 0.15) is 50.5 Å². The number of hydrogen-bond acceptors (Lipinski definition) is 4. The molecule has 3 N–H and O–H groups in total. The van der Waals surface area contributed by atoms with Gasteiger partial charge >= 0.3 is 5.97 Å². The van der Waals surface area contributed by atoms with Gasteiger partial charge in [-0.05, 0) is 75.3 Å². The molecule has 7 nitrogen and oxygen atoms in total. The summed E-state index contributed by atoms with van der Waals surface area (Å²) >= 11 is 0. The van der Waals surface area contributed by atoms with Crippen molar-refractivity contribution in [2.24, 2.45) is 17.8 Å². The summed E-state index contributed by atoms with van der Waals surface area (Å²) in [4.78, 5) is 22.3. The van der Waals surface area contributed by atoms with Gasteiger partial charge in [0.05, 0.1) is 4.90 Å². The molecule has 0 saturated heterocycles. The second-order valence-corrected chi connectivity index (χ2v) is 10.4. The molecule has 8 heteroatoms. The number of carbonyl (C=O) groups is 2. The Morgan fingerprint density at radius 3 is 2.55 bits per heavy atom. The van der Waals surface area contributed by atoms with Crippen LogP contribution >= 0.6 is 0 Å². The fourth-order valence-electron chi connectivity index (χ4n) is 4.91. The van der Waals surface area contributed by atoms with E-state index in [0.717, 1.165) is 37.7 Å². The lowest BCUT2D eigenvalue weighted by molar-refractivity contribution is -0.137. The van der Waals surface area contributed by atoms with Gasteiger partial charge in [0.25, 0.3) is 0 Å². The van der Waals surface area contributed by atoms with E-state index in [1.807, 2.05) is 25.1 Å². The molecule has 2 aliphatic rings. The Bertz CT molecular complexity index is 910. The Morgan fingerprint density at radius 1 is 1.13 bits per heavy atom. The van der Waals surface area contributed by atoms with E-state index in [-0.39, 0.29) is 18.5 Å². The molecule has 31 heavy (non-hydrogen) atoms. The molecule has 2 bridgehead atoms. The second kappa shape index (κ2) is 10.4. The van der Waals surface area contributed by atoms with Gasteiger partial charge < -0.3 is 10.4 Å². The Labute approximate surface area is 184 Å². The highest BCUT2D eigenvalue weighted by atomic mass is 32.2. The summed E-state index contributed by atoms with van der Waals surface area (Å²) in [7, 11) is -3.54. The van der Waals surface area contributed by atoms with Crippen LogP contribution in [0.3, 0.4) is 0 Å². The minimum absolute atomic E-state index is 0.0310. The third-order valence-corrected chi connectivity index (χ3v) is 7.97. The van der Waals surface area contributed by atoms with Crippen LogP contribution in [0.15, 0.2) is 41.3 Å². The summed E-state index contributed by atoms with van der Waals surface area (Å²) in [6, 6.07) is 6.92. The molecule has 3 rings (SSSR count). The highest BCUT2D eigenvalue weighted by Crippen LogP contribution is 2.50. The highest BCUT2D eigenvalue weighted by Gasteiger charge is 2.48. The average molecular weight is 449 g/mol. The minimum atomic E-state index is -3.54. The van der Waals surface area contributed by atoms with Crippen molar-refractivity contribution in [1.82, 2.24) is 10.0 Å². The van der Waals surface area contributed by atoms with E-state index in [1.54, 1.807) is 12.1 Å². The Hall–Kier alpha value is -2.19. The summed E-state index contributed by atoms with van der Waals surface area (Å²) in [6.07, 6.45) is 9.99. The van der Waals surface area contributed by atoms with Gasteiger partial charge in [0, 0.05) is 12.5 Å². The molecule has 4 unspecified atom stereocenters. The topological polar surface area (TPSA) is 113 Å². The van der Waals surface area contributed by atoms with Gasteiger partial charge in [0.15, 0.2) is 0 Å². The minimum Gasteiger partial charge on any atom is -0.480 e. The summed E-state index contributed by atoms with van der Waals surface area (Å²) in [5.41, 5.74) is 1.03. The number of nitrogens with one attached hydrogen (secondary N) is 2. The predicted molar refractivity (Wildman–Crippen MR) is 118 cm³/mol. The fourth-order valence-corrected chi connectivity index (χ4v) is 6.27. The number of amides is 1. The second-order valence-electron chi connectivity index (χ2n) is 8.73. The number of allylic oxidation sites excluding steroid dienone is 2. The van der Waals surface area contributed by atoms with Crippen LogP contribution in [0.25, 0.3) is 0 Å². The maximum absolute atomic E-state index is 12.9. The predicted octanol–water partition coefficient (Wildman–Crippen LogP) is 3.01. The normalized spacial score (nSPS) is 25.2. The maximum Gasteiger partial charge on any atom is 0.322 e. The van der Waals surface area contributed by atoms with E-state index in [9.17, 15) is 18.0 Å². The number of carboxylic acid groups (broad SMARTS) is 1. The summed E-state index contributed by atoms with van der Waals surface area (Å²) in [5, 5.41) is 10.9. The van der Waals surface area contributed by atoms with Crippen molar-refractivity contribution in [2.75, 3.05) is 6.54 Å². The number of carbonyl (C=O) groups excluding carboxylic acids is 1. The fraction of sp³-hybridized carbons (Fsp3) is 0.565. The van der Waals surface area contributed by atoms with E-state index >= 15 is 0 Å². The molecule has 1 aromatic rings. The van der Waals surface area contributed by atoms with Crippen LogP contribution in [0, 0.1) is 24.7 Å². The van der Waals surface area contributed by atoms with Crippen LogP contribution < -0.4 is 10.0 Å². The lowest BCUT2D eigenvalue weighted by Crippen LogP contribution is -2.43. The first-order valence-corrected chi connectivity index (χ1v) is 12.5. The zero-order valence-corrected chi connectivity index (χ0v) is 18.7. The Balaban J connectivity index is 1.50. The lowest BCUT2D eigenvalue weighted by atomic mass is 9.83. The molecule has 0 radical (unpaired) electrons. The Morgan fingerprint density at radius 2 is 1.84 bits per heavy atom. The van der Waals surface area contributed by atoms with Crippen molar-refractivity contribution < 1.29 is 23.1 Å². The molecule has 0 spiro atoms. The molecule has 1 amide bonds. The zero-order chi connectivity index (χ0) is 22.4. The van der Waals surface area contributed by atoms with Crippen LogP contribution in [0.2, 0.25) is 0 Å². The van der Waals surface area contributed by atoms with Crippen LogP contribution in [-0.4, -0.2) is 38.0 Å². The first-order chi connectivity index (χ1) is 14.8. The van der Waals surface area contributed by atoms with Gasteiger partial charge in [-0.15, -0.1) is 0 Å². The molecule has 0 aliphatic heterocycles. The summed E-state index contributed by atoms with van der Waals surface area (Å²) in [5.74, 6) is -0.0426. The van der Waals surface area contributed by atoms with Crippen molar-refractivity contribution in [3.8, 4) is 0 Å². The number of fused-ring (bicyclic) bond motifs is 2. The van der Waals surface area contributed by atoms with Crippen LogP contribution in [0.5, 0.6) is 0 Å². The van der Waals surface area contributed by atoms with Gasteiger partial charge in [-0.1, -0.05) is 29.8 Å². The molecule has 170 valence electrons. The molecule has 2 aliphatic carbocycles. The average Bonchev–Trinajstić information content (AvgIpc) is 3.31. The molecule has 0 aromatic heterocycles. The van der Waals surface area contributed by atoms with Crippen molar-refractivity contribution in [1.29, 1.82) is 0 Å². The number of aliphatic carboxylic acids is 1. The standard InChI is InChI=1S/C23H32N2O5S/c1-16-8-12-19(13-9-16)31(29,30)25-23-18-11-10-17(14-18)20(23)6-4-2-3-5-7-21(26)24-15-22(27)28/h2,4,8-9,12-13,17-18,20,23,25H,3,5-7,10-11,14-15H2,1H3,(H,24,26)(H,27,28)/b4-2-. The molecule has 2 fully saturated rings. The number of hydrogen-bond donors (Lipinski definition) is 3. The number of benzene rings is 1. The van der Waals surface area contributed by atoms with E-state index in [1.165, 1.54) is 0 Å². The number of carboxylic acids is 1. The number of unbranched alkanes of at least 4 members (excludes halogenated alkanes) is 1. The van der Waals surface area contributed by atoms with Gasteiger partial charge in [-0.3, -0.25) is 9.59 Å². The van der Waals surface area contributed by atoms with Crippen molar-refractivity contribution in [3.05, 3.63) is 42.0 Å². The van der Waals surface area contributed by atoms with E-state index in [0.29, 0.717) is 35.5 Å². The molecule has 1 aromatic carbocycles. The SMILES string of the molecule is Cc1ccc(S(=O)(=O)NC2C3CCC(C3)C2C/C=C\CCCC(=O)NCC(=O)O)cc1. The number of aryl methyl sites for hydroxylation is 1. The van der Waals surface area contributed by atoms with Crippen molar-refractivity contribution >= 4 is 21.9 Å². The lowest BCUT2D eigenvalue weighted by Gasteiger charge is -2.31. The monoisotopic (exact) mass is 448 g/mol. The third-order valence-electron chi connectivity index (χ3n) is 6.50. The van der Waals surface area contributed by atoms with Gasteiger partial charge in [-0.2, -0.15) is 0 Å². The van der Waals surface area contributed by atoms with Crippen LogP contribution in [-0.2, 0) is 19.6 Å². The summed E-state index contributed by atoms with van der Waals surface area (Å²) < 4.78 is 28.8. The smallest absolute Gasteiger partial charge is 0.322 e. The van der Waals surface area contributed by atoms with Gasteiger partial charge in [-0.25, -0.2) is 13.1 Å². The molecular weight excluding hydrogens is 416 g/mol. The molecular formula is C23H32N2O5S. The Kier molecular flexibility index (Phi) is 7.89. The van der Waals surface area contributed by atoms with Gasteiger partial charge in [0.1, 0.15) is 6.54 Å². The van der Waals surface area contributed by atoms with E-state index < -0.39 is 16.0 Å². The quantitative estimate of drug-likeness (QED) is 0.356. The van der Waals surface area contributed by atoms with Crippen LogP contribution in [0.4, 0.5) is 0 Å². The number of sulfonamides is 1.